The first-order chi connectivity index (χ1) is 17.7. The number of unbranched alkanes of at least 4 members (excludes halogenated alkanes) is 1. The summed E-state index contributed by atoms with van der Waals surface area (Å²) in [5.74, 6) is 0.356. The van der Waals surface area contributed by atoms with Gasteiger partial charge in [0.05, 0.1) is 11.9 Å². The Balaban J connectivity index is 1.45. The molecule has 1 heterocycles. The Morgan fingerprint density at radius 3 is 1.75 bits per heavy atom. The Hall–Kier alpha value is -4.18. The van der Waals surface area contributed by atoms with Crippen molar-refractivity contribution in [2.75, 3.05) is 0 Å². The van der Waals surface area contributed by atoms with Gasteiger partial charge in [-0.05, 0) is 66.5 Å². The SMILES string of the molecule is Cc1cc(CCCCc2cn(C(c3ccccc3)(c3ccccc3)c3ccccc3)nn2)ccc1O. The van der Waals surface area contributed by atoms with Crippen LogP contribution in [0.15, 0.2) is 115 Å². The molecule has 36 heavy (non-hydrogen) atoms. The molecule has 0 aliphatic heterocycles. The van der Waals surface area contributed by atoms with E-state index in [2.05, 4.69) is 90.2 Å². The molecule has 0 fully saturated rings. The lowest BCUT2D eigenvalue weighted by atomic mass is 9.77. The largest absolute Gasteiger partial charge is 0.508 e. The van der Waals surface area contributed by atoms with Crippen molar-refractivity contribution in [2.24, 2.45) is 0 Å². The van der Waals surface area contributed by atoms with Gasteiger partial charge in [-0.1, -0.05) is 108 Å². The average molecular weight is 474 g/mol. The molecule has 0 radical (unpaired) electrons. The summed E-state index contributed by atoms with van der Waals surface area (Å²) in [7, 11) is 0. The van der Waals surface area contributed by atoms with E-state index < -0.39 is 5.54 Å². The molecule has 1 N–H and O–H groups in total. The van der Waals surface area contributed by atoms with E-state index in [1.165, 1.54) is 5.56 Å². The zero-order valence-corrected chi connectivity index (χ0v) is 20.6. The quantitative estimate of drug-likeness (QED) is 0.191. The van der Waals surface area contributed by atoms with Gasteiger partial charge in [-0.2, -0.15) is 0 Å². The maximum atomic E-state index is 9.76. The number of hydrogen-bond donors (Lipinski definition) is 1. The number of benzene rings is 4. The Morgan fingerprint density at radius 1 is 0.694 bits per heavy atom. The molecule has 5 rings (SSSR count). The highest BCUT2D eigenvalue weighted by molar-refractivity contribution is 5.50. The zero-order chi connectivity index (χ0) is 24.8. The molecule has 1 aromatic heterocycles. The predicted octanol–water partition coefficient (Wildman–Crippen LogP) is 6.70. The van der Waals surface area contributed by atoms with Crippen molar-refractivity contribution in [3.05, 3.63) is 149 Å². The van der Waals surface area contributed by atoms with Crippen LogP contribution in [0.5, 0.6) is 5.75 Å². The number of aromatic hydroxyl groups is 1. The van der Waals surface area contributed by atoms with Crippen molar-refractivity contribution < 1.29 is 5.11 Å². The van der Waals surface area contributed by atoms with E-state index in [9.17, 15) is 5.11 Å². The second-order valence-electron chi connectivity index (χ2n) is 9.29. The molecule has 5 aromatic rings. The Labute approximate surface area is 212 Å². The highest BCUT2D eigenvalue weighted by Crippen LogP contribution is 2.40. The topological polar surface area (TPSA) is 50.9 Å². The molecular formula is C32H31N3O. The minimum atomic E-state index is -0.626. The van der Waals surface area contributed by atoms with Crippen molar-refractivity contribution in [1.29, 1.82) is 0 Å². The maximum Gasteiger partial charge on any atom is 0.139 e. The van der Waals surface area contributed by atoms with Crippen LogP contribution in [-0.4, -0.2) is 20.1 Å². The van der Waals surface area contributed by atoms with Crippen LogP contribution in [0.3, 0.4) is 0 Å². The van der Waals surface area contributed by atoms with Gasteiger partial charge in [0.2, 0.25) is 0 Å². The van der Waals surface area contributed by atoms with E-state index in [4.69, 9.17) is 5.21 Å². The van der Waals surface area contributed by atoms with Gasteiger partial charge in [-0.25, -0.2) is 4.68 Å². The van der Waals surface area contributed by atoms with E-state index in [0.717, 1.165) is 53.6 Å². The third-order valence-electron chi connectivity index (χ3n) is 6.87. The summed E-state index contributed by atoms with van der Waals surface area (Å²) in [6, 6.07) is 37.5. The summed E-state index contributed by atoms with van der Waals surface area (Å²) < 4.78 is 2.03. The first-order valence-electron chi connectivity index (χ1n) is 12.5. The Kier molecular flexibility index (Phi) is 6.94. The molecule has 0 unspecified atom stereocenters. The summed E-state index contributed by atoms with van der Waals surface area (Å²) in [6.45, 7) is 1.94. The van der Waals surface area contributed by atoms with Crippen molar-refractivity contribution in [3.8, 4) is 5.75 Å². The van der Waals surface area contributed by atoms with Crippen LogP contribution < -0.4 is 0 Å². The second-order valence-corrected chi connectivity index (χ2v) is 9.29. The van der Waals surface area contributed by atoms with Gasteiger partial charge in [-0.15, -0.1) is 5.10 Å². The first kappa shape index (κ1) is 23.6. The molecule has 0 bridgehead atoms. The molecule has 4 nitrogen and oxygen atoms in total. The number of nitrogens with zero attached hydrogens (tertiary/aromatic N) is 3. The minimum absolute atomic E-state index is 0.356. The molecular weight excluding hydrogens is 442 g/mol. The van der Waals surface area contributed by atoms with Crippen molar-refractivity contribution >= 4 is 0 Å². The van der Waals surface area contributed by atoms with Gasteiger partial charge >= 0.3 is 0 Å². The number of aromatic nitrogens is 3. The summed E-state index contributed by atoms with van der Waals surface area (Å²) in [5.41, 5.74) is 5.96. The van der Waals surface area contributed by atoms with Crippen LogP contribution >= 0.6 is 0 Å². The number of phenols is 1. The standard InChI is InChI=1S/C32H31N3O/c1-25-23-26(21-22-31(25)36)13-11-12-20-30-24-35(34-33-30)32(27-14-5-2-6-15-27,28-16-7-3-8-17-28)29-18-9-4-10-19-29/h2-10,14-19,21-24,36H,11-13,20H2,1H3. The van der Waals surface area contributed by atoms with Crippen LogP contribution in [0.1, 0.15) is 46.4 Å². The second kappa shape index (κ2) is 10.6. The third kappa shape index (κ3) is 4.67. The van der Waals surface area contributed by atoms with Gasteiger partial charge in [0, 0.05) is 0 Å². The van der Waals surface area contributed by atoms with Crippen LogP contribution in [0.4, 0.5) is 0 Å². The molecule has 0 amide bonds. The van der Waals surface area contributed by atoms with E-state index in [1.807, 2.05) is 35.9 Å². The summed E-state index contributed by atoms with van der Waals surface area (Å²) >= 11 is 0. The summed E-state index contributed by atoms with van der Waals surface area (Å²) in [6.07, 6.45) is 6.03. The normalized spacial score (nSPS) is 11.5. The lowest BCUT2D eigenvalue weighted by Crippen LogP contribution is -2.38. The van der Waals surface area contributed by atoms with Crippen LogP contribution in [0.25, 0.3) is 0 Å². The number of rotatable bonds is 9. The van der Waals surface area contributed by atoms with Crippen LogP contribution in [0.2, 0.25) is 0 Å². The molecule has 0 atom stereocenters. The van der Waals surface area contributed by atoms with Gasteiger partial charge < -0.3 is 5.11 Å². The average Bonchev–Trinajstić information content (AvgIpc) is 3.40. The van der Waals surface area contributed by atoms with Gasteiger partial charge in [0.15, 0.2) is 0 Å². The Bertz CT molecular complexity index is 1300. The molecule has 0 aliphatic carbocycles. The maximum absolute atomic E-state index is 9.76. The number of hydrogen-bond acceptors (Lipinski definition) is 3. The van der Waals surface area contributed by atoms with Gasteiger partial charge in [0.1, 0.15) is 11.3 Å². The van der Waals surface area contributed by atoms with Crippen molar-refractivity contribution in [2.45, 2.75) is 38.1 Å². The highest BCUT2D eigenvalue weighted by Gasteiger charge is 2.39. The molecule has 0 saturated heterocycles. The Morgan fingerprint density at radius 2 is 1.22 bits per heavy atom. The fourth-order valence-electron chi connectivity index (χ4n) is 5.02. The minimum Gasteiger partial charge on any atom is -0.508 e. The smallest absolute Gasteiger partial charge is 0.139 e. The molecule has 4 aromatic carbocycles. The predicted molar refractivity (Wildman–Crippen MR) is 144 cm³/mol. The van der Waals surface area contributed by atoms with Crippen LogP contribution in [0, 0.1) is 6.92 Å². The lowest BCUT2D eigenvalue weighted by molar-refractivity contribution is 0.446. The van der Waals surface area contributed by atoms with E-state index >= 15 is 0 Å². The van der Waals surface area contributed by atoms with Crippen molar-refractivity contribution in [1.82, 2.24) is 15.0 Å². The fourth-order valence-corrected chi connectivity index (χ4v) is 5.02. The van der Waals surface area contributed by atoms with E-state index in [0.29, 0.717) is 5.75 Å². The molecule has 0 aliphatic rings. The third-order valence-corrected chi connectivity index (χ3v) is 6.87. The molecule has 0 saturated carbocycles. The van der Waals surface area contributed by atoms with Gasteiger partial charge in [0.25, 0.3) is 0 Å². The van der Waals surface area contributed by atoms with Crippen LogP contribution in [-0.2, 0) is 18.4 Å². The number of phenolic OH excluding ortho intramolecular Hbond substituents is 1. The monoisotopic (exact) mass is 473 g/mol. The highest BCUT2D eigenvalue weighted by atomic mass is 16.3. The first-order valence-corrected chi connectivity index (χ1v) is 12.5. The van der Waals surface area contributed by atoms with E-state index in [1.54, 1.807) is 6.07 Å². The summed E-state index contributed by atoms with van der Waals surface area (Å²) in [5, 5.41) is 19.1. The molecule has 0 spiro atoms. The van der Waals surface area contributed by atoms with Crippen molar-refractivity contribution in [3.63, 3.8) is 0 Å². The summed E-state index contributed by atoms with van der Waals surface area (Å²) in [4.78, 5) is 0. The lowest BCUT2D eigenvalue weighted by Gasteiger charge is -2.35. The molecule has 4 heteroatoms. The zero-order valence-electron chi connectivity index (χ0n) is 20.6. The molecule has 180 valence electrons. The number of aryl methyl sites for hydroxylation is 3. The van der Waals surface area contributed by atoms with Gasteiger partial charge in [-0.3, -0.25) is 0 Å². The fraction of sp³-hybridized carbons (Fsp3) is 0.188. The van der Waals surface area contributed by atoms with E-state index in [-0.39, 0.29) is 0 Å².